The van der Waals surface area contributed by atoms with Crippen LogP contribution in [0.3, 0.4) is 0 Å². The van der Waals surface area contributed by atoms with Gasteiger partial charge in [-0.15, -0.1) is 0 Å². The largest absolute Gasteiger partial charge is 0.493 e. The van der Waals surface area contributed by atoms with Gasteiger partial charge in [0.1, 0.15) is 0 Å². The van der Waals surface area contributed by atoms with Crippen LogP contribution in [0.25, 0.3) is 6.08 Å². The summed E-state index contributed by atoms with van der Waals surface area (Å²) < 4.78 is 16.0. The maximum Gasteiger partial charge on any atom is 0.286 e. The molecule has 0 unspecified atom stereocenters. The minimum atomic E-state index is -0.198. The lowest BCUT2D eigenvalue weighted by Gasteiger charge is -2.15. The third-order valence-corrected chi connectivity index (χ3v) is 5.02. The highest BCUT2D eigenvalue weighted by molar-refractivity contribution is 8.18. The fourth-order valence-electron chi connectivity index (χ4n) is 2.78. The average Bonchev–Trinajstić information content (AvgIpc) is 3.24. The lowest BCUT2D eigenvalue weighted by molar-refractivity contribution is -0.113. The Morgan fingerprint density at radius 1 is 1.08 bits per heavy atom. The van der Waals surface area contributed by atoms with Crippen molar-refractivity contribution in [1.82, 2.24) is 4.90 Å². The highest BCUT2D eigenvalue weighted by Gasteiger charge is 2.27. The molecule has 1 saturated heterocycles. The molecule has 2 aliphatic heterocycles. The summed E-state index contributed by atoms with van der Waals surface area (Å²) in [6.45, 7) is 1.94. The van der Waals surface area contributed by atoms with Crippen LogP contribution in [0.1, 0.15) is 18.4 Å². The third kappa shape index (κ3) is 3.21. The molecule has 2 heterocycles. The van der Waals surface area contributed by atoms with Gasteiger partial charge in [-0.3, -0.25) is 4.79 Å². The number of aliphatic imine (C=N–C) groups is 1. The van der Waals surface area contributed by atoms with Crippen LogP contribution in [0.4, 0.5) is 0 Å². The molecular weight excluding hydrogens is 328 g/mol. The van der Waals surface area contributed by atoms with Crippen molar-refractivity contribution in [2.24, 2.45) is 4.99 Å². The molecule has 1 amide bonds. The van der Waals surface area contributed by atoms with E-state index in [1.165, 1.54) is 11.8 Å². The number of nitrogens with zero attached hydrogens (tertiary/aromatic N) is 2. The van der Waals surface area contributed by atoms with E-state index >= 15 is 0 Å². The van der Waals surface area contributed by atoms with Crippen molar-refractivity contribution < 1.29 is 19.0 Å². The number of thioether (sulfide) groups is 1. The first-order valence-corrected chi connectivity index (χ1v) is 8.55. The fourth-order valence-corrected chi connectivity index (χ4v) is 3.74. The average molecular weight is 348 g/mol. The summed E-state index contributed by atoms with van der Waals surface area (Å²) >= 11 is 1.42. The summed E-state index contributed by atoms with van der Waals surface area (Å²) in [6.07, 6.45) is 4.11. The van der Waals surface area contributed by atoms with Gasteiger partial charge < -0.3 is 19.1 Å². The Kier molecular flexibility index (Phi) is 4.99. The summed E-state index contributed by atoms with van der Waals surface area (Å²) in [5.41, 5.74) is 0.804. The van der Waals surface area contributed by atoms with Crippen LogP contribution in [0, 0.1) is 0 Å². The van der Waals surface area contributed by atoms with Gasteiger partial charge in [-0.1, -0.05) is 0 Å². The van der Waals surface area contributed by atoms with Gasteiger partial charge in [0.25, 0.3) is 5.91 Å². The monoisotopic (exact) mass is 348 g/mol. The SMILES string of the molecule is COc1cc(/C=C2/SC(N3CCCC3)=NC2=O)cc(OC)c1OC. The van der Waals surface area contributed by atoms with Crippen molar-refractivity contribution in [2.75, 3.05) is 34.4 Å². The number of likely N-dealkylation sites (tertiary alicyclic amines) is 1. The number of benzene rings is 1. The zero-order chi connectivity index (χ0) is 17.1. The first-order valence-electron chi connectivity index (χ1n) is 7.73. The highest BCUT2D eigenvalue weighted by atomic mass is 32.2. The molecule has 1 aromatic carbocycles. The second kappa shape index (κ2) is 7.17. The molecule has 6 nitrogen and oxygen atoms in total. The molecule has 0 radical (unpaired) electrons. The molecule has 0 aromatic heterocycles. The van der Waals surface area contributed by atoms with Crippen molar-refractivity contribution >= 4 is 28.9 Å². The molecule has 0 N–H and O–H groups in total. The summed E-state index contributed by atoms with van der Waals surface area (Å²) in [7, 11) is 4.70. The first kappa shape index (κ1) is 16.7. The summed E-state index contributed by atoms with van der Waals surface area (Å²) in [4.78, 5) is 19.1. The minimum absolute atomic E-state index is 0.198. The Morgan fingerprint density at radius 3 is 2.25 bits per heavy atom. The van der Waals surface area contributed by atoms with Gasteiger partial charge in [-0.25, -0.2) is 0 Å². The Bertz CT molecular complexity index is 684. The van der Waals surface area contributed by atoms with E-state index in [-0.39, 0.29) is 5.91 Å². The van der Waals surface area contributed by atoms with Crippen LogP contribution >= 0.6 is 11.8 Å². The van der Waals surface area contributed by atoms with Gasteiger partial charge in [0.05, 0.1) is 26.2 Å². The molecule has 24 heavy (non-hydrogen) atoms. The van der Waals surface area contributed by atoms with Crippen LogP contribution < -0.4 is 14.2 Å². The van der Waals surface area contributed by atoms with Gasteiger partial charge in [0.2, 0.25) is 5.75 Å². The lowest BCUT2D eigenvalue weighted by atomic mass is 10.1. The predicted octanol–water partition coefficient (Wildman–Crippen LogP) is 2.78. The number of amidine groups is 1. The smallest absolute Gasteiger partial charge is 0.286 e. The van der Waals surface area contributed by atoms with Crippen LogP contribution in [0.5, 0.6) is 17.2 Å². The number of carbonyl (C=O) groups is 1. The molecule has 7 heteroatoms. The van der Waals surface area contributed by atoms with E-state index in [4.69, 9.17) is 14.2 Å². The number of rotatable bonds is 4. The Balaban J connectivity index is 1.87. The number of hydrogen-bond donors (Lipinski definition) is 0. The summed E-state index contributed by atoms with van der Waals surface area (Å²) in [5, 5.41) is 0.802. The maximum atomic E-state index is 12.2. The quantitative estimate of drug-likeness (QED) is 0.780. The normalized spacial score (nSPS) is 19.0. The number of ether oxygens (including phenoxy) is 3. The zero-order valence-corrected chi connectivity index (χ0v) is 14.8. The standard InChI is InChI=1S/C17H20N2O4S/c1-21-12-8-11(9-13(22-2)15(12)23-3)10-14-16(20)18-17(24-14)19-6-4-5-7-19/h8-10H,4-7H2,1-3H3/b14-10+. The topological polar surface area (TPSA) is 60.4 Å². The Morgan fingerprint density at radius 2 is 1.71 bits per heavy atom. The van der Waals surface area contributed by atoms with Crippen molar-refractivity contribution in [2.45, 2.75) is 12.8 Å². The molecule has 0 saturated carbocycles. The van der Waals surface area contributed by atoms with Crippen molar-refractivity contribution in [1.29, 1.82) is 0 Å². The van der Waals surface area contributed by atoms with Crippen molar-refractivity contribution in [3.05, 3.63) is 22.6 Å². The van der Waals surface area contributed by atoms with E-state index in [2.05, 4.69) is 9.89 Å². The van der Waals surface area contributed by atoms with Crippen LogP contribution in [0.2, 0.25) is 0 Å². The Hall–Kier alpha value is -2.15. The van der Waals surface area contributed by atoms with Gasteiger partial charge in [0.15, 0.2) is 16.7 Å². The highest BCUT2D eigenvalue weighted by Crippen LogP contribution is 2.40. The molecule has 128 valence electrons. The van der Waals surface area contributed by atoms with E-state index in [0.717, 1.165) is 36.7 Å². The van der Waals surface area contributed by atoms with E-state index in [1.54, 1.807) is 21.3 Å². The fraction of sp³-hybridized carbons (Fsp3) is 0.412. The number of methoxy groups -OCH3 is 3. The molecule has 3 rings (SSSR count). The van der Waals surface area contributed by atoms with Crippen LogP contribution in [-0.2, 0) is 4.79 Å². The van der Waals surface area contributed by atoms with Crippen molar-refractivity contribution in [3.63, 3.8) is 0 Å². The zero-order valence-electron chi connectivity index (χ0n) is 14.0. The maximum absolute atomic E-state index is 12.2. The van der Waals surface area contributed by atoms with Crippen LogP contribution in [-0.4, -0.2) is 50.4 Å². The van der Waals surface area contributed by atoms with Crippen molar-refractivity contribution in [3.8, 4) is 17.2 Å². The molecule has 2 aliphatic rings. The number of hydrogen-bond acceptors (Lipinski definition) is 6. The van der Waals surface area contributed by atoms with E-state index in [0.29, 0.717) is 22.2 Å². The van der Waals surface area contributed by atoms with Gasteiger partial charge in [0, 0.05) is 13.1 Å². The van der Waals surface area contributed by atoms with Crippen LogP contribution in [0.15, 0.2) is 22.0 Å². The molecule has 0 bridgehead atoms. The van der Waals surface area contributed by atoms with Gasteiger partial charge in [-0.2, -0.15) is 4.99 Å². The van der Waals surface area contributed by atoms with E-state index in [9.17, 15) is 4.79 Å². The van der Waals surface area contributed by atoms with Gasteiger partial charge >= 0.3 is 0 Å². The lowest BCUT2D eigenvalue weighted by Crippen LogP contribution is -2.23. The molecular formula is C17H20N2O4S. The summed E-state index contributed by atoms with van der Waals surface area (Å²) in [5.74, 6) is 1.44. The Labute approximate surface area is 145 Å². The number of carbonyl (C=O) groups excluding carboxylic acids is 1. The minimum Gasteiger partial charge on any atom is -0.493 e. The predicted molar refractivity (Wildman–Crippen MR) is 94.9 cm³/mol. The number of amides is 1. The molecule has 1 fully saturated rings. The first-order chi connectivity index (χ1) is 11.7. The van der Waals surface area contributed by atoms with Gasteiger partial charge in [-0.05, 0) is 48.4 Å². The molecule has 0 spiro atoms. The molecule has 0 atom stereocenters. The summed E-state index contributed by atoms with van der Waals surface area (Å²) in [6, 6.07) is 3.63. The second-order valence-electron chi connectivity index (χ2n) is 5.46. The molecule has 0 aliphatic carbocycles. The van der Waals surface area contributed by atoms with E-state index < -0.39 is 0 Å². The molecule has 1 aromatic rings. The third-order valence-electron chi connectivity index (χ3n) is 3.97. The van der Waals surface area contributed by atoms with E-state index in [1.807, 2.05) is 18.2 Å². The second-order valence-corrected chi connectivity index (χ2v) is 6.47.